The molecule has 0 saturated carbocycles. The van der Waals surface area contributed by atoms with Crippen LogP contribution in [0.15, 0.2) is 109 Å². The number of aromatic nitrogens is 2. The van der Waals surface area contributed by atoms with Gasteiger partial charge in [-0.05, 0) is 41.5 Å². The number of carbonyl (C=O) groups excluding carboxylic acids is 1. The molecule has 0 fully saturated rings. The van der Waals surface area contributed by atoms with Crippen LogP contribution in [-0.2, 0) is 4.79 Å². The van der Waals surface area contributed by atoms with Gasteiger partial charge in [-0.25, -0.2) is 4.98 Å². The van der Waals surface area contributed by atoms with Crippen LogP contribution in [0, 0.1) is 0 Å². The van der Waals surface area contributed by atoms with Gasteiger partial charge in [0.1, 0.15) is 10.8 Å². The van der Waals surface area contributed by atoms with Crippen LogP contribution < -0.4 is 9.64 Å². The Labute approximate surface area is 207 Å². The van der Waals surface area contributed by atoms with Crippen LogP contribution in [-0.4, -0.2) is 22.5 Å². The summed E-state index contributed by atoms with van der Waals surface area (Å²) in [5.74, 6) is 0.602. The normalized spacial score (nSPS) is 12.9. The summed E-state index contributed by atoms with van der Waals surface area (Å²) in [6, 6.07) is 31.7. The van der Waals surface area contributed by atoms with Gasteiger partial charge in [-0.1, -0.05) is 66.7 Å². The summed E-state index contributed by atoms with van der Waals surface area (Å²) < 4.78 is 5.83. The molecule has 0 atom stereocenters. The molecule has 5 aromatic rings. The number of anilines is 1. The van der Waals surface area contributed by atoms with E-state index in [0.717, 1.165) is 38.8 Å². The molecule has 0 radical (unpaired) electrons. The SMILES string of the molecule is O=C1COc2ccc(-c3csc(-c4ccccn4)n3)cc2N1C(c1ccccc1)c1ccccc1. The van der Waals surface area contributed by atoms with Gasteiger partial charge in [0.25, 0.3) is 5.91 Å². The number of ether oxygens (including phenoxy) is 1. The predicted molar refractivity (Wildman–Crippen MR) is 138 cm³/mol. The fourth-order valence-electron chi connectivity index (χ4n) is 4.39. The zero-order valence-electron chi connectivity index (χ0n) is 18.7. The van der Waals surface area contributed by atoms with E-state index in [-0.39, 0.29) is 18.6 Å². The first-order chi connectivity index (χ1) is 17.3. The molecule has 3 heterocycles. The van der Waals surface area contributed by atoms with Crippen LogP contribution in [0.1, 0.15) is 17.2 Å². The Morgan fingerprint density at radius 2 is 1.54 bits per heavy atom. The third-order valence-corrected chi connectivity index (χ3v) is 6.88. The summed E-state index contributed by atoms with van der Waals surface area (Å²) in [5.41, 5.74) is 5.42. The van der Waals surface area contributed by atoms with Gasteiger partial charge < -0.3 is 4.74 Å². The van der Waals surface area contributed by atoms with Crippen molar-refractivity contribution in [2.45, 2.75) is 6.04 Å². The molecule has 2 aromatic heterocycles. The van der Waals surface area contributed by atoms with Crippen LogP contribution in [0.25, 0.3) is 22.0 Å². The summed E-state index contributed by atoms with van der Waals surface area (Å²) in [6.07, 6.45) is 1.77. The number of rotatable bonds is 5. The number of amides is 1. The lowest BCUT2D eigenvalue weighted by Gasteiger charge is -2.36. The van der Waals surface area contributed by atoms with Crippen molar-refractivity contribution in [3.05, 3.63) is 120 Å². The van der Waals surface area contributed by atoms with Crippen LogP contribution in [0.5, 0.6) is 5.75 Å². The van der Waals surface area contributed by atoms with Crippen LogP contribution in [0.2, 0.25) is 0 Å². The molecular formula is C29H21N3O2S. The van der Waals surface area contributed by atoms with Gasteiger partial charge in [-0.2, -0.15) is 0 Å². The molecule has 5 nitrogen and oxygen atoms in total. The lowest BCUT2D eigenvalue weighted by molar-refractivity contribution is -0.121. The average molecular weight is 476 g/mol. The highest BCUT2D eigenvalue weighted by atomic mass is 32.1. The number of nitrogens with zero attached hydrogens (tertiary/aromatic N) is 3. The average Bonchev–Trinajstić information content (AvgIpc) is 3.42. The molecule has 0 N–H and O–H groups in total. The number of benzene rings is 3. The number of carbonyl (C=O) groups is 1. The van der Waals surface area contributed by atoms with E-state index in [1.165, 1.54) is 0 Å². The minimum atomic E-state index is -0.276. The Morgan fingerprint density at radius 1 is 0.829 bits per heavy atom. The minimum absolute atomic E-state index is 0.00302. The smallest absolute Gasteiger partial charge is 0.265 e. The molecule has 0 spiro atoms. The molecule has 0 unspecified atom stereocenters. The number of thiazole rings is 1. The van der Waals surface area contributed by atoms with Crippen molar-refractivity contribution in [1.29, 1.82) is 0 Å². The van der Waals surface area contributed by atoms with Crippen molar-refractivity contribution in [3.63, 3.8) is 0 Å². The fourth-order valence-corrected chi connectivity index (χ4v) is 5.19. The molecule has 35 heavy (non-hydrogen) atoms. The van der Waals surface area contributed by atoms with E-state index >= 15 is 0 Å². The fraction of sp³-hybridized carbons (Fsp3) is 0.0690. The van der Waals surface area contributed by atoms with E-state index in [0.29, 0.717) is 5.75 Å². The van der Waals surface area contributed by atoms with Crippen molar-refractivity contribution in [2.75, 3.05) is 11.5 Å². The third-order valence-electron chi connectivity index (χ3n) is 6.01. The summed E-state index contributed by atoms with van der Waals surface area (Å²) in [7, 11) is 0. The molecule has 0 aliphatic carbocycles. The van der Waals surface area contributed by atoms with Gasteiger partial charge in [0.05, 0.1) is 23.1 Å². The van der Waals surface area contributed by atoms with Crippen LogP contribution in [0.3, 0.4) is 0 Å². The second-order valence-corrected chi connectivity index (χ2v) is 9.07. The first kappa shape index (κ1) is 21.3. The van der Waals surface area contributed by atoms with Gasteiger partial charge in [0.2, 0.25) is 0 Å². The van der Waals surface area contributed by atoms with E-state index in [4.69, 9.17) is 9.72 Å². The van der Waals surface area contributed by atoms with Gasteiger partial charge in [-0.3, -0.25) is 14.7 Å². The molecule has 6 heteroatoms. The number of hydrogen-bond acceptors (Lipinski definition) is 5. The first-order valence-corrected chi connectivity index (χ1v) is 12.2. The first-order valence-electron chi connectivity index (χ1n) is 11.3. The number of pyridine rings is 1. The molecule has 0 saturated heterocycles. The van der Waals surface area contributed by atoms with Crippen molar-refractivity contribution in [1.82, 2.24) is 9.97 Å². The second-order valence-electron chi connectivity index (χ2n) is 8.21. The zero-order valence-corrected chi connectivity index (χ0v) is 19.6. The standard InChI is InChI=1S/C29H21N3O2S/c33-27-18-34-26-15-14-22(24-19-35-29(31-24)23-13-7-8-16-30-23)17-25(26)32(27)28(20-9-3-1-4-10-20)21-11-5-2-6-12-21/h1-17,19,28H,18H2. The molecule has 1 aliphatic rings. The highest BCUT2D eigenvalue weighted by Crippen LogP contribution is 2.42. The lowest BCUT2D eigenvalue weighted by Crippen LogP contribution is -2.42. The Bertz CT molecular complexity index is 1430. The van der Waals surface area contributed by atoms with Crippen LogP contribution >= 0.6 is 11.3 Å². The predicted octanol–water partition coefficient (Wildman–Crippen LogP) is 6.39. The number of hydrogen-bond donors (Lipinski definition) is 0. The topological polar surface area (TPSA) is 55.3 Å². The monoisotopic (exact) mass is 475 g/mol. The molecule has 1 aliphatic heterocycles. The summed E-state index contributed by atoms with van der Waals surface area (Å²) in [5, 5.41) is 2.88. The van der Waals surface area contributed by atoms with Crippen LogP contribution in [0.4, 0.5) is 5.69 Å². The Kier molecular flexibility index (Phi) is 5.56. The minimum Gasteiger partial charge on any atom is -0.482 e. The van der Waals surface area contributed by atoms with Crippen molar-refractivity contribution in [3.8, 4) is 27.7 Å². The molecule has 0 bridgehead atoms. The van der Waals surface area contributed by atoms with Gasteiger partial charge in [0.15, 0.2) is 6.61 Å². The van der Waals surface area contributed by atoms with Gasteiger partial charge in [0, 0.05) is 17.1 Å². The Balaban J connectivity index is 1.45. The van der Waals surface area contributed by atoms with E-state index in [1.807, 2.05) is 83.1 Å². The third kappa shape index (κ3) is 4.09. The molecule has 3 aromatic carbocycles. The maximum absolute atomic E-state index is 13.4. The van der Waals surface area contributed by atoms with E-state index in [1.54, 1.807) is 17.5 Å². The molecule has 170 valence electrons. The molecule has 1 amide bonds. The lowest BCUT2D eigenvalue weighted by atomic mass is 9.95. The summed E-state index contributed by atoms with van der Waals surface area (Å²) in [6.45, 7) is 0.00302. The van der Waals surface area contributed by atoms with Crippen molar-refractivity contribution >= 4 is 22.9 Å². The van der Waals surface area contributed by atoms with Gasteiger partial charge in [-0.15, -0.1) is 11.3 Å². The second kappa shape index (κ2) is 9.16. The maximum atomic E-state index is 13.4. The highest BCUT2D eigenvalue weighted by molar-refractivity contribution is 7.13. The van der Waals surface area contributed by atoms with Crippen molar-refractivity contribution < 1.29 is 9.53 Å². The molecule has 6 rings (SSSR count). The van der Waals surface area contributed by atoms with E-state index in [2.05, 4.69) is 29.2 Å². The van der Waals surface area contributed by atoms with Gasteiger partial charge >= 0.3 is 0 Å². The van der Waals surface area contributed by atoms with E-state index < -0.39 is 0 Å². The van der Waals surface area contributed by atoms with E-state index in [9.17, 15) is 4.79 Å². The zero-order chi connectivity index (χ0) is 23.6. The quantitative estimate of drug-likeness (QED) is 0.296. The van der Waals surface area contributed by atoms with Crippen molar-refractivity contribution in [2.24, 2.45) is 0 Å². The summed E-state index contributed by atoms with van der Waals surface area (Å²) in [4.78, 5) is 24.5. The highest BCUT2D eigenvalue weighted by Gasteiger charge is 2.34. The Morgan fingerprint density at radius 3 is 2.23 bits per heavy atom. The number of fused-ring (bicyclic) bond motifs is 1. The summed E-state index contributed by atoms with van der Waals surface area (Å²) >= 11 is 1.55. The maximum Gasteiger partial charge on any atom is 0.265 e. The largest absolute Gasteiger partial charge is 0.482 e. The Hall–Kier alpha value is -4.29. The molecular weight excluding hydrogens is 454 g/mol.